The molecule has 0 aliphatic rings. The second-order valence-electron chi connectivity index (χ2n) is 21.7. The van der Waals surface area contributed by atoms with E-state index in [4.69, 9.17) is 14.4 Å². The molecule has 11 rings (SSSR count). The molecule has 0 aliphatic carbocycles. The van der Waals surface area contributed by atoms with Crippen LogP contribution in [0.15, 0.2) is 180 Å². The summed E-state index contributed by atoms with van der Waals surface area (Å²) in [5.41, 5.74) is 15.8. The molecule has 8 aromatic carbocycles. The van der Waals surface area contributed by atoms with Crippen LogP contribution in [0, 0.1) is 0 Å². The third kappa shape index (κ3) is 7.76. The highest BCUT2D eigenvalue weighted by Gasteiger charge is 2.30. The summed E-state index contributed by atoms with van der Waals surface area (Å²) < 4.78 is 8.96. The molecular weight excluding hydrogens is 843 g/mol. The van der Waals surface area contributed by atoms with E-state index in [9.17, 15) is 5.11 Å². The molecule has 0 unspecified atom stereocenters. The van der Waals surface area contributed by atoms with Gasteiger partial charge in [-0.2, -0.15) is 0 Å². The first kappa shape index (κ1) is 43.8. The molecule has 0 amide bonds. The molecule has 0 saturated carbocycles. The summed E-state index contributed by atoms with van der Waals surface area (Å²) in [5, 5.41) is 16.9. The van der Waals surface area contributed by atoms with Gasteiger partial charge in [0.1, 0.15) is 22.7 Å². The third-order valence-corrected chi connectivity index (χ3v) is 13.8. The number of aromatic nitrogens is 3. The summed E-state index contributed by atoms with van der Waals surface area (Å²) in [4.78, 5) is 10.8. The number of para-hydroxylation sites is 1. The molecule has 11 aromatic rings. The van der Waals surface area contributed by atoms with Crippen molar-refractivity contribution in [3.8, 4) is 67.5 Å². The standard InChI is InChI=1S/C64H57N3O2/c1-62(2,3)45-28-30-55(50(34-45)40-21-14-11-15-22-40)67-56-26-18-25-47(58(56)66-61(67)51-35-46(63(4,5)6)36-53(59(51)68)64(7,8)9)43-31-42(39-19-12-10-13-20-39)32-44(33-43)54-37-57-52(38-65-54)49-29-27-41-23-16-17-24-48(41)60(49)69-57/h10-38,68H,1-9H3. The number of phenolic OH excluding ortho intramolecular Hbond substituents is 1. The highest BCUT2D eigenvalue weighted by Crippen LogP contribution is 2.46. The molecule has 1 N–H and O–H groups in total. The van der Waals surface area contributed by atoms with Crippen molar-refractivity contribution in [3.05, 3.63) is 193 Å². The number of furan rings is 1. The summed E-state index contributed by atoms with van der Waals surface area (Å²) >= 11 is 0. The van der Waals surface area contributed by atoms with E-state index in [0.717, 1.165) is 105 Å². The minimum Gasteiger partial charge on any atom is -0.507 e. The summed E-state index contributed by atoms with van der Waals surface area (Å²) in [7, 11) is 0. The van der Waals surface area contributed by atoms with Gasteiger partial charge in [0.2, 0.25) is 0 Å². The molecule has 0 atom stereocenters. The lowest BCUT2D eigenvalue weighted by Gasteiger charge is -2.28. The van der Waals surface area contributed by atoms with Crippen molar-refractivity contribution in [2.75, 3.05) is 0 Å². The maximum Gasteiger partial charge on any atom is 0.149 e. The van der Waals surface area contributed by atoms with Gasteiger partial charge in [0, 0.05) is 50.7 Å². The lowest BCUT2D eigenvalue weighted by atomic mass is 9.79. The van der Waals surface area contributed by atoms with Crippen molar-refractivity contribution < 1.29 is 9.52 Å². The van der Waals surface area contributed by atoms with Crippen LogP contribution in [0.4, 0.5) is 0 Å². The van der Waals surface area contributed by atoms with Gasteiger partial charge in [0.05, 0.1) is 28.0 Å². The molecule has 3 aromatic heterocycles. The number of imidazole rings is 1. The molecule has 0 radical (unpaired) electrons. The Morgan fingerprint density at radius 3 is 1.87 bits per heavy atom. The van der Waals surface area contributed by atoms with Crippen molar-refractivity contribution in [3.63, 3.8) is 0 Å². The maximum absolute atomic E-state index is 12.6. The molecule has 340 valence electrons. The Bertz CT molecular complexity index is 3780. The Balaban J connectivity index is 1.20. The van der Waals surface area contributed by atoms with Gasteiger partial charge >= 0.3 is 0 Å². The van der Waals surface area contributed by atoms with E-state index in [0.29, 0.717) is 11.4 Å². The Kier molecular flexibility index (Phi) is 10.3. The van der Waals surface area contributed by atoms with Crippen LogP contribution in [-0.4, -0.2) is 19.6 Å². The van der Waals surface area contributed by atoms with Crippen molar-refractivity contribution in [1.82, 2.24) is 14.5 Å². The lowest BCUT2D eigenvalue weighted by molar-refractivity contribution is 0.446. The minimum atomic E-state index is -0.340. The molecule has 0 aliphatic heterocycles. The smallest absolute Gasteiger partial charge is 0.149 e. The molecule has 0 saturated heterocycles. The normalized spacial score (nSPS) is 12.5. The second kappa shape index (κ2) is 16.2. The number of pyridine rings is 1. The van der Waals surface area contributed by atoms with E-state index in [-0.39, 0.29) is 22.0 Å². The number of fused-ring (bicyclic) bond motifs is 6. The third-order valence-electron chi connectivity index (χ3n) is 13.8. The highest BCUT2D eigenvalue weighted by atomic mass is 16.3. The first-order chi connectivity index (χ1) is 33.0. The fraction of sp³-hybridized carbons (Fsp3) is 0.188. The molecule has 0 bridgehead atoms. The Morgan fingerprint density at radius 2 is 1.14 bits per heavy atom. The van der Waals surface area contributed by atoms with Crippen molar-refractivity contribution >= 4 is 43.7 Å². The molecule has 69 heavy (non-hydrogen) atoms. The first-order valence-electron chi connectivity index (χ1n) is 24.0. The molecular formula is C64H57N3O2. The van der Waals surface area contributed by atoms with Gasteiger partial charge in [-0.3, -0.25) is 9.55 Å². The van der Waals surface area contributed by atoms with Gasteiger partial charge in [0.25, 0.3) is 0 Å². The van der Waals surface area contributed by atoms with Crippen LogP contribution in [0.25, 0.3) is 105 Å². The quantitative estimate of drug-likeness (QED) is 0.181. The van der Waals surface area contributed by atoms with Crippen LogP contribution < -0.4 is 0 Å². The summed E-state index contributed by atoms with van der Waals surface area (Å²) in [6.45, 7) is 20.0. The fourth-order valence-corrected chi connectivity index (χ4v) is 9.90. The number of aromatic hydroxyl groups is 1. The monoisotopic (exact) mass is 899 g/mol. The summed E-state index contributed by atoms with van der Waals surface area (Å²) in [5.74, 6) is 0.922. The van der Waals surface area contributed by atoms with Gasteiger partial charge in [0.15, 0.2) is 0 Å². The van der Waals surface area contributed by atoms with Gasteiger partial charge < -0.3 is 9.52 Å². The topological polar surface area (TPSA) is 64.1 Å². The predicted octanol–water partition coefficient (Wildman–Crippen LogP) is 17.4. The van der Waals surface area contributed by atoms with Crippen LogP contribution in [0.3, 0.4) is 0 Å². The number of hydrogen-bond donors (Lipinski definition) is 1. The van der Waals surface area contributed by atoms with Crippen LogP contribution in [0.5, 0.6) is 5.75 Å². The highest BCUT2D eigenvalue weighted by molar-refractivity contribution is 6.15. The number of benzene rings is 8. The maximum atomic E-state index is 12.6. The van der Waals surface area contributed by atoms with Crippen molar-refractivity contribution in [2.24, 2.45) is 0 Å². The lowest BCUT2D eigenvalue weighted by Crippen LogP contribution is -2.17. The van der Waals surface area contributed by atoms with Gasteiger partial charge in [-0.05, 0) is 104 Å². The van der Waals surface area contributed by atoms with Gasteiger partial charge in [-0.1, -0.05) is 178 Å². The minimum absolute atomic E-state index is 0.0877. The van der Waals surface area contributed by atoms with E-state index >= 15 is 0 Å². The zero-order valence-corrected chi connectivity index (χ0v) is 40.9. The number of hydrogen-bond acceptors (Lipinski definition) is 4. The van der Waals surface area contributed by atoms with E-state index < -0.39 is 0 Å². The van der Waals surface area contributed by atoms with Gasteiger partial charge in [-0.25, -0.2) is 4.98 Å². The van der Waals surface area contributed by atoms with Crippen molar-refractivity contribution in [1.29, 1.82) is 0 Å². The largest absolute Gasteiger partial charge is 0.507 e. The van der Waals surface area contributed by atoms with E-state index in [1.807, 2.05) is 6.20 Å². The van der Waals surface area contributed by atoms with Crippen LogP contribution in [0.1, 0.15) is 79.0 Å². The number of phenols is 1. The van der Waals surface area contributed by atoms with Crippen LogP contribution >= 0.6 is 0 Å². The van der Waals surface area contributed by atoms with E-state index in [2.05, 4.69) is 237 Å². The molecule has 5 heteroatoms. The average molecular weight is 900 g/mol. The molecule has 5 nitrogen and oxygen atoms in total. The molecule has 0 spiro atoms. The zero-order valence-electron chi connectivity index (χ0n) is 40.9. The predicted molar refractivity (Wildman–Crippen MR) is 289 cm³/mol. The fourth-order valence-electron chi connectivity index (χ4n) is 9.90. The Morgan fingerprint density at radius 1 is 0.478 bits per heavy atom. The Hall–Kier alpha value is -7.76. The summed E-state index contributed by atoms with van der Waals surface area (Å²) in [6.07, 6.45) is 1.95. The van der Waals surface area contributed by atoms with Crippen LogP contribution in [-0.2, 0) is 16.2 Å². The Labute approximate surface area is 404 Å². The first-order valence-corrected chi connectivity index (χ1v) is 24.0. The average Bonchev–Trinajstić information content (AvgIpc) is 3.92. The molecule has 3 heterocycles. The SMILES string of the molecule is CC(C)(C)c1ccc(-n2c(-c3cc(C(C)(C)C)cc(C(C)(C)C)c3O)nc3c(-c4cc(-c5ccccc5)cc(-c5cc6oc7c8ccccc8ccc7c6cn5)c4)cccc32)c(-c2ccccc2)c1. The molecule has 0 fully saturated rings. The van der Waals surface area contributed by atoms with Gasteiger partial charge in [-0.15, -0.1) is 0 Å². The van der Waals surface area contributed by atoms with Crippen molar-refractivity contribution in [2.45, 2.75) is 78.6 Å². The van der Waals surface area contributed by atoms with E-state index in [1.54, 1.807) is 0 Å². The zero-order chi connectivity index (χ0) is 48.0. The second-order valence-corrected chi connectivity index (χ2v) is 21.7. The number of nitrogens with zero attached hydrogens (tertiary/aromatic N) is 3. The summed E-state index contributed by atoms with van der Waals surface area (Å²) in [6, 6.07) is 60.2. The van der Waals surface area contributed by atoms with Crippen LogP contribution in [0.2, 0.25) is 0 Å². The van der Waals surface area contributed by atoms with E-state index in [1.165, 1.54) is 5.56 Å². The number of rotatable bonds is 6.